The highest BCUT2D eigenvalue weighted by molar-refractivity contribution is 6.42. The highest BCUT2D eigenvalue weighted by Gasteiger charge is 2.32. The lowest BCUT2D eigenvalue weighted by molar-refractivity contribution is -0.143. The fraction of sp³-hybridized carbons (Fsp3) is 0.316. The molecule has 0 radical (unpaired) electrons. The van der Waals surface area contributed by atoms with Crippen LogP contribution >= 0.6 is 34.8 Å². The van der Waals surface area contributed by atoms with E-state index in [1.54, 1.807) is 6.07 Å². The van der Waals surface area contributed by atoms with E-state index in [2.05, 4.69) is 4.90 Å². The number of carboxylic acid groups (broad SMARTS) is 1. The SMILES string of the molecule is O=C(O)C1CCN(C(c2ccccc2Cl)c2cccc(Cl)c2Cl)CC1. The van der Waals surface area contributed by atoms with Gasteiger partial charge in [-0.05, 0) is 49.2 Å². The van der Waals surface area contributed by atoms with Crippen LogP contribution in [0.1, 0.15) is 30.0 Å². The van der Waals surface area contributed by atoms with Crippen LogP contribution in [0.4, 0.5) is 0 Å². The number of piperidine rings is 1. The number of hydrogen-bond donors (Lipinski definition) is 1. The predicted molar refractivity (Wildman–Crippen MR) is 102 cm³/mol. The molecule has 0 amide bonds. The number of rotatable bonds is 4. The highest BCUT2D eigenvalue weighted by atomic mass is 35.5. The number of hydrogen-bond acceptors (Lipinski definition) is 2. The molecule has 1 heterocycles. The van der Waals surface area contributed by atoms with E-state index in [1.165, 1.54) is 0 Å². The van der Waals surface area contributed by atoms with Crippen molar-refractivity contribution >= 4 is 40.8 Å². The Labute approximate surface area is 162 Å². The van der Waals surface area contributed by atoms with E-state index in [-0.39, 0.29) is 12.0 Å². The first kappa shape index (κ1) is 18.5. The number of benzene rings is 2. The molecule has 0 aromatic heterocycles. The van der Waals surface area contributed by atoms with Gasteiger partial charge in [-0.25, -0.2) is 0 Å². The maximum Gasteiger partial charge on any atom is 0.306 e. The molecule has 3 nitrogen and oxygen atoms in total. The van der Waals surface area contributed by atoms with Crippen LogP contribution in [0.15, 0.2) is 42.5 Å². The molecule has 2 aromatic rings. The Morgan fingerprint density at radius 2 is 1.56 bits per heavy atom. The fourth-order valence-corrected chi connectivity index (χ4v) is 4.04. The molecule has 0 saturated carbocycles. The number of nitrogens with zero attached hydrogens (tertiary/aromatic N) is 1. The Kier molecular flexibility index (Phi) is 5.90. The Morgan fingerprint density at radius 3 is 2.20 bits per heavy atom. The molecule has 6 heteroatoms. The summed E-state index contributed by atoms with van der Waals surface area (Å²) < 4.78 is 0. The minimum absolute atomic E-state index is 0.158. The molecule has 1 N–H and O–H groups in total. The number of carboxylic acids is 1. The maximum atomic E-state index is 11.2. The zero-order chi connectivity index (χ0) is 18.0. The van der Waals surface area contributed by atoms with E-state index in [0.717, 1.165) is 11.1 Å². The smallest absolute Gasteiger partial charge is 0.306 e. The highest BCUT2D eigenvalue weighted by Crippen LogP contribution is 2.40. The molecule has 25 heavy (non-hydrogen) atoms. The van der Waals surface area contributed by atoms with Crippen molar-refractivity contribution in [3.8, 4) is 0 Å². The van der Waals surface area contributed by atoms with Crippen LogP contribution in [0, 0.1) is 5.92 Å². The van der Waals surface area contributed by atoms with E-state index < -0.39 is 5.97 Å². The average molecular weight is 399 g/mol. The molecule has 1 aliphatic heterocycles. The largest absolute Gasteiger partial charge is 0.481 e. The third kappa shape index (κ3) is 3.95. The van der Waals surface area contributed by atoms with Crippen LogP contribution < -0.4 is 0 Å². The van der Waals surface area contributed by atoms with E-state index >= 15 is 0 Å². The standard InChI is InChI=1S/C19H18Cl3NO2/c20-15-6-2-1-4-13(15)18(14-5-3-7-16(21)17(14)22)23-10-8-12(9-11-23)19(24)25/h1-7,12,18H,8-11H2,(H,24,25). The second-order valence-electron chi connectivity index (χ2n) is 6.22. The second-order valence-corrected chi connectivity index (χ2v) is 7.41. The van der Waals surface area contributed by atoms with E-state index in [0.29, 0.717) is 41.0 Å². The van der Waals surface area contributed by atoms with E-state index in [1.807, 2.05) is 36.4 Å². The molecular formula is C19H18Cl3NO2. The van der Waals surface area contributed by atoms with Gasteiger partial charge in [0.15, 0.2) is 0 Å². The number of halogens is 3. The molecular weight excluding hydrogens is 381 g/mol. The van der Waals surface area contributed by atoms with Gasteiger partial charge in [0.25, 0.3) is 0 Å². The number of aliphatic carboxylic acids is 1. The molecule has 3 rings (SSSR count). The van der Waals surface area contributed by atoms with Crippen molar-refractivity contribution in [2.75, 3.05) is 13.1 Å². The van der Waals surface area contributed by atoms with Crippen LogP contribution in [0.2, 0.25) is 15.1 Å². The Bertz CT molecular complexity index is 773. The lowest BCUT2D eigenvalue weighted by atomic mass is 9.91. The lowest BCUT2D eigenvalue weighted by Crippen LogP contribution is -2.39. The van der Waals surface area contributed by atoms with E-state index in [9.17, 15) is 9.90 Å². The first-order valence-electron chi connectivity index (χ1n) is 8.14. The van der Waals surface area contributed by atoms with Gasteiger partial charge >= 0.3 is 5.97 Å². The monoisotopic (exact) mass is 397 g/mol. The molecule has 1 aliphatic rings. The van der Waals surface area contributed by atoms with Gasteiger partial charge in [0.2, 0.25) is 0 Å². The predicted octanol–water partition coefficient (Wildman–Crippen LogP) is 5.53. The molecule has 0 spiro atoms. The summed E-state index contributed by atoms with van der Waals surface area (Å²) in [7, 11) is 0. The van der Waals surface area contributed by atoms with E-state index in [4.69, 9.17) is 34.8 Å². The van der Waals surface area contributed by atoms with Crippen LogP contribution in [0.25, 0.3) is 0 Å². The van der Waals surface area contributed by atoms with Crippen LogP contribution in [0.3, 0.4) is 0 Å². The van der Waals surface area contributed by atoms with Crippen LogP contribution in [0.5, 0.6) is 0 Å². The topological polar surface area (TPSA) is 40.5 Å². The van der Waals surface area contributed by atoms with Crippen LogP contribution in [-0.2, 0) is 4.79 Å². The van der Waals surface area contributed by atoms with Crippen LogP contribution in [-0.4, -0.2) is 29.1 Å². The minimum Gasteiger partial charge on any atom is -0.481 e. The summed E-state index contributed by atoms with van der Waals surface area (Å²) >= 11 is 19.2. The second kappa shape index (κ2) is 7.96. The maximum absolute atomic E-state index is 11.2. The summed E-state index contributed by atoms with van der Waals surface area (Å²) in [5, 5.41) is 10.9. The van der Waals surface area contributed by atoms with Crippen molar-refractivity contribution in [1.29, 1.82) is 0 Å². The first-order chi connectivity index (χ1) is 12.0. The van der Waals surface area contributed by atoms with Gasteiger partial charge in [-0.1, -0.05) is 65.1 Å². The van der Waals surface area contributed by atoms with Gasteiger partial charge in [-0.2, -0.15) is 0 Å². The number of likely N-dealkylation sites (tertiary alicyclic amines) is 1. The van der Waals surface area contributed by atoms with Crippen molar-refractivity contribution in [2.45, 2.75) is 18.9 Å². The van der Waals surface area contributed by atoms with Crippen molar-refractivity contribution in [2.24, 2.45) is 5.92 Å². The van der Waals surface area contributed by atoms with Gasteiger partial charge in [-0.3, -0.25) is 9.69 Å². The molecule has 1 unspecified atom stereocenters. The minimum atomic E-state index is -0.727. The van der Waals surface area contributed by atoms with Gasteiger partial charge in [0.05, 0.1) is 22.0 Å². The zero-order valence-corrected chi connectivity index (χ0v) is 15.7. The molecule has 2 aromatic carbocycles. The summed E-state index contributed by atoms with van der Waals surface area (Å²) in [6.45, 7) is 1.32. The molecule has 0 bridgehead atoms. The van der Waals surface area contributed by atoms with Gasteiger partial charge in [0, 0.05) is 5.02 Å². The molecule has 1 fully saturated rings. The zero-order valence-electron chi connectivity index (χ0n) is 13.5. The summed E-state index contributed by atoms with van der Waals surface area (Å²) in [5.74, 6) is -1.02. The molecule has 0 aliphatic carbocycles. The molecule has 1 atom stereocenters. The molecule has 132 valence electrons. The Balaban J connectivity index is 2.00. The third-order valence-corrected chi connectivity index (χ3v) is 5.90. The van der Waals surface area contributed by atoms with Crippen molar-refractivity contribution in [3.05, 3.63) is 68.7 Å². The summed E-state index contributed by atoms with van der Waals surface area (Å²) in [6.07, 6.45) is 1.21. The average Bonchev–Trinajstić information content (AvgIpc) is 2.61. The van der Waals surface area contributed by atoms with Gasteiger partial charge in [0.1, 0.15) is 0 Å². The fourth-order valence-electron chi connectivity index (χ4n) is 3.39. The third-order valence-electron chi connectivity index (χ3n) is 4.72. The number of carbonyl (C=O) groups is 1. The summed E-state index contributed by atoms with van der Waals surface area (Å²) in [5.41, 5.74) is 1.83. The van der Waals surface area contributed by atoms with Crippen molar-refractivity contribution in [1.82, 2.24) is 4.90 Å². The molecule has 1 saturated heterocycles. The normalized spacial score (nSPS) is 17.4. The summed E-state index contributed by atoms with van der Waals surface area (Å²) in [4.78, 5) is 13.5. The van der Waals surface area contributed by atoms with Gasteiger partial charge in [-0.15, -0.1) is 0 Å². The van der Waals surface area contributed by atoms with Crippen molar-refractivity contribution in [3.63, 3.8) is 0 Å². The quantitative estimate of drug-likeness (QED) is 0.736. The first-order valence-corrected chi connectivity index (χ1v) is 9.27. The Hall–Kier alpha value is -1.26. The van der Waals surface area contributed by atoms with Crippen molar-refractivity contribution < 1.29 is 9.90 Å². The van der Waals surface area contributed by atoms with Gasteiger partial charge < -0.3 is 5.11 Å². The summed E-state index contributed by atoms with van der Waals surface area (Å²) in [6, 6.07) is 13.1. The Morgan fingerprint density at radius 1 is 0.960 bits per heavy atom. The lowest BCUT2D eigenvalue weighted by Gasteiger charge is -2.37.